The number of carbonyl (C=O) groups is 1. The molecule has 116 valence electrons. The summed E-state index contributed by atoms with van der Waals surface area (Å²) in [6, 6.07) is 4.97. The largest absolute Gasteiger partial charge is 0.494 e. The van der Waals surface area contributed by atoms with Gasteiger partial charge < -0.3 is 9.84 Å². The van der Waals surface area contributed by atoms with Crippen LogP contribution in [0.15, 0.2) is 30.3 Å². The molecule has 0 spiro atoms. The van der Waals surface area contributed by atoms with E-state index >= 15 is 0 Å². The molecule has 0 aliphatic heterocycles. The highest BCUT2D eigenvalue weighted by Gasteiger charge is 2.15. The molecule has 2 rings (SSSR count). The number of rotatable bonds is 5. The molecule has 6 heteroatoms. The van der Waals surface area contributed by atoms with Crippen molar-refractivity contribution in [2.45, 2.75) is 13.3 Å². The van der Waals surface area contributed by atoms with Crippen LogP contribution < -0.4 is 4.74 Å². The van der Waals surface area contributed by atoms with Gasteiger partial charge >= 0.3 is 5.97 Å². The van der Waals surface area contributed by atoms with Crippen LogP contribution in [0.4, 0.5) is 13.2 Å². The number of benzene rings is 2. The minimum atomic E-state index is -1.31. The van der Waals surface area contributed by atoms with Crippen LogP contribution in [0.25, 0.3) is 11.1 Å². The highest BCUT2D eigenvalue weighted by molar-refractivity contribution is 5.90. The molecule has 0 bridgehead atoms. The molecular formula is C16H13F3O3. The standard InChI is InChI=1S/C16H13F3O3/c1-2-3-22-11-5-9(4-10(6-11)16(20)21)12-7-14(18)15(19)8-13(12)17/h4-8H,2-3H2,1H3,(H,20,21). The van der Waals surface area contributed by atoms with Gasteiger partial charge in [-0.15, -0.1) is 0 Å². The first-order valence-corrected chi connectivity index (χ1v) is 6.58. The molecule has 2 aromatic carbocycles. The van der Waals surface area contributed by atoms with Crippen molar-refractivity contribution in [3.05, 3.63) is 53.3 Å². The number of aromatic carboxylic acids is 1. The Bertz CT molecular complexity index is 714. The Kier molecular flexibility index (Phi) is 4.70. The van der Waals surface area contributed by atoms with E-state index in [1.807, 2.05) is 6.92 Å². The van der Waals surface area contributed by atoms with Gasteiger partial charge in [-0.2, -0.15) is 0 Å². The van der Waals surface area contributed by atoms with Crippen LogP contribution in [0.5, 0.6) is 5.75 Å². The Morgan fingerprint density at radius 2 is 1.73 bits per heavy atom. The van der Waals surface area contributed by atoms with E-state index in [-0.39, 0.29) is 22.4 Å². The summed E-state index contributed by atoms with van der Waals surface area (Å²) >= 11 is 0. The third-order valence-electron chi connectivity index (χ3n) is 2.95. The lowest BCUT2D eigenvalue weighted by Crippen LogP contribution is -2.01. The van der Waals surface area contributed by atoms with Crippen molar-refractivity contribution in [2.24, 2.45) is 0 Å². The third-order valence-corrected chi connectivity index (χ3v) is 2.95. The van der Waals surface area contributed by atoms with Crippen molar-refractivity contribution in [1.29, 1.82) is 0 Å². The van der Waals surface area contributed by atoms with Gasteiger partial charge in [0.05, 0.1) is 12.2 Å². The number of ether oxygens (including phenoxy) is 1. The average molecular weight is 310 g/mol. The Morgan fingerprint density at radius 3 is 2.36 bits per heavy atom. The number of halogens is 3. The molecule has 0 heterocycles. The van der Waals surface area contributed by atoms with Gasteiger partial charge in [0.15, 0.2) is 11.6 Å². The van der Waals surface area contributed by atoms with Gasteiger partial charge in [-0.05, 0) is 36.2 Å². The Morgan fingerprint density at radius 1 is 1.05 bits per heavy atom. The van der Waals surface area contributed by atoms with E-state index in [1.165, 1.54) is 18.2 Å². The van der Waals surface area contributed by atoms with E-state index in [1.54, 1.807) is 0 Å². The Balaban J connectivity index is 2.56. The number of hydrogen-bond acceptors (Lipinski definition) is 2. The van der Waals surface area contributed by atoms with Crippen LogP contribution in [0, 0.1) is 17.5 Å². The fourth-order valence-corrected chi connectivity index (χ4v) is 1.93. The summed E-state index contributed by atoms with van der Waals surface area (Å²) in [5, 5.41) is 9.09. The lowest BCUT2D eigenvalue weighted by Gasteiger charge is -2.10. The quantitative estimate of drug-likeness (QED) is 0.839. The molecule has 0 unspecified atom stereocenters. The monoisotopic (exact) mass is 310 g/mol. The maximum atomic E-state index is 13.8. The number of hydrogen-bond donors (Lipinski definition) is 1. The second-order valence-electron chi connectivity index (χ2n) is 4.65. The second-order valence-corrected chi connectivity index (χ2v) is 4.65. The van der Waals surface area contributed by atoms with Crippen molar-refractivity contribution in [3.8, 4) is 16.9 Å². The van der Waals surface area contributed by atoms with Gasteiger partial charge in [0.1, 0.15) is 11.6 Å². The summed E-state index contributed by atoms with van der Waals surface area (Å²) in [5.74, 6) is -4.51. The zero-order valence-corrected chi connectivity index (χ0v) is 11.7. The predicted molar refractivity (Wildman–Crippen MR) is 74.5 cm³/mol. The molecule has 0 aromatic heterocycles. The Hall–Kier alpha value is -2.50. The number of carboxylic acids is 1. The SMILES string of the molecule is CCCOc1cc(C(=O)O)cc(-c2cc(F)c(F)cc2F)c1. The van der Waals surface area contributed by atoms with Gasteiger partial charge in [-0.1, -0.05) is 6.92 Å². The molecular weight excluding hydrogens is 297 g/mol. The third kappa shape index (κ3) is 3.39. The summed E-state index contributed by atoms with van der Waals surface area (Å²) in [5.41, 5.74) is -0.265. The molecule has 1 N–H and O–H groups in total. The lowest BCUT2D eigenvalue weighted by atomic mass is 10.0. The molecule has 0 aliphatic rings. The van der Waals surface area contributed by atoms with Crippen molar-refractivity contribution < 1.29 is 27.8 Å². The maximum absolute atomic E-state index is 13.8. The summed E-state index contributed by atoms with van der Waals surface area (Å²) in [4.78, 5) is 11.1. The van der Waals surface area contributed by atoms with Crippen molar-refractivity contribution in [1.82, 2.24) is 0 Å². The van der Waals surface area contributed by atoms with Crippen molar-refractivity contribution in [3.63, 3.8) is 0 Å². The van der Waals surface area contributed by atoms with Crippen LogP contribution in [-0.4, -0.2) is 17.7 Å². The summed E-state index contributed by atoms with van der Waals surface area (Å²) < 4.78 is 45.5. The van der Waals surface area contributed by atoms with E-state index in [9.17, 15) is 18.0 Å². The van der Waals surface area contributed by atoms with Gasteiger partial charge in [0, 0.05) is 11.6 Å². The lowest BCUT2D eigenvalue weighted by molar-refractivity contribution is 0.0696. The number of carboxylic acid groups (broad SMARTS) is 1. The van der Waals surface area contributed by atoms with Crippen LogP contribution in [0.2, 0.25) is 0 Å². The molecule has 0 radical (unpaired) electrons. The smallest absolute Gasteiger partial charge is 0.335 e. The first kappa shape index (κ1) is 15.9. The highest BCUT2D eigenvalue weighted by Crippen LogP contribution is 2.30. The maximum Gasteiger partial charge on any atom is 0.335 e. The molecule has 0 atom stereocenters. The molecule has 0 fully saturated rings. The molecule has 22 heavy (non-hydrogen) atoms. The first-order valence-electron chi connectivity index (χ1n) is 6.58. The van der Waals surface area contributed by atoms with Crippen molar-refractivity contribution in [2.75, 3.05) is 6.61 Å². The predicted octanol–water partition coefficient (Wildman–Crippen LogP) is 4.26. The van der Waals surface area contributed by atoms with E-state index in [4.69, 9.17) is 9.84 Å². The van der Waals surface area contributed by atoms with Crippen LogP contribution in [0.3, 0.4) is 0 Å². The second kappa shape index (κ2) is 6.51. The van der Waals surface area contributed by atoms with E-state index < -0.39 is 23.4 Å². The molecule has 2 aromatic rings. The van der Waals surface area contributed by atoms with Gasteiger partial charge in [0.25, 0.3) is 0 Å². The van der Waals surface area contributed by atoms with E-state index in [0.717, 1.165) is 0 Å². The highest BCUT2D eigenvalue weighted by atomic mass is 19.2. The molecule has 3 nitrogen and oxygen atoms in total. The van der Waals surface area contributed by atoms with E-state index in [2.05, 4.69) is 0 Å². The van der Waals surface area contributed by atoms with Crippen LogP contribution in [-0.2, 0) is 0 Å². The van der Waals surface area contributed by atoms with Gasteiger partial charge in [0.2, 0.25) is 0 Å². The minimum Gasteiger partial charge on any atom is -0.494 e. The summed E-state index contributed by atoms with van der Waals surface area (Å²) in [6.07, 6.45) is 0.701. The molecule has 0 amide bonds. The van der Waals surface area contributed by atoms with Crippen LogP contribution in [0.1, 0.15) is 23.7 Å². The Labute approximate surface area is 125 Å². The zero-order valence-electron chi connectivity index (χ0n) is 11.7. The molecule has 0 saturated heterocycles. The van der Waals surface area contributed by atoms with Gasteiger partial charge in [-0.3, -0.25) is 0 Å². The van der Waals surface area contributed by atoms with Gasteiger partial charge in [-0.25, -0.2) is 18.0 Å². The van der Waals surface area contributed by atoms with E-state index in [0.29, 0.717) is 25.2 Å². The summed E-state index contributed by atoms with van der Waals surface area (Å²) in [7, 11) is 0. The normalized spacial score (nSPS) is 10.5. The molecule has 0 saturated carbocycles. The minimum absolute atomic E-state index is 0.0994. The fourth-order valence-electron chi connectivity index (χ4n) is 1.93. The fraction of sp³-hybridized carbons (Fsp3) is 0.188. The van der Waals surface area contributed by atoms with Crippen molar-refractivity contribution >= 4 is 5.97 Å². The molecule has 0 aliphatic carbocycles. The topological polar surface area (TPSA) is 46.5 Å². The first-order chi connectivity index (χ1) is 10.4. The zero-order chi connectivity index (χ0) is 16.3. The average Bonchev–Trinajstić information content (AvgIpc) is 2.48. The van der Waals surface area contributed by atoms with Crippen LogP contribution >= 0.6 is 0 Å². The summed E-state index contributed by atoms with van der Waals surface area (Å²) in [6.45, 7) is 2.22.